The lowest BCUT2D eigenvalue weighted by Gasteiger charge is -2.33. The fourth-order valence-corrected chi connectivity index (χ4v) is 5.82. The molecule has 0 unspecified atom stereocenters. The van der Waals surface area contributed by atoms with Gasteiger partial charge in [-0.15, -0.1) is 0 Å². The van der Waals surface area contributed by atoms with Gasteiger partial charge < -0.3 is 14.2 Å². The zero-order chi connectivity index (χ0) is 26.8. The van der Waals surface area contributed by atoms with Crippen LogP contribution in [0.1, 0.15) is 38.4 Å². The molecule has 202 valence electrons. The van der Waals surface area contributed by atoms with Gasteiger partial charge in [0.05, 0.1) is 25.7 Å². The second kappa shape index (κ2) is 11.3. The molecule has 0 spiro atoms. The first-order chi connectivity index (χ1) is 17.5. The van der Waals surface area contributed by atoms with Crippen molar-refractivity contribution in [2.45, 2.75) is 56.9 Å². The molecule has 6 atom stereocenters. The number of nitrogens with zero attached hydrogens (tertiary/aromatic N) is 1. The summed E-state index contributed by atoms with van der Waals surface area (Å²) in [6.07, 6.45) is -2.55. The minimum atomic E-state index is -4.11. The number of ketones is 1. The van der Waals surface area contributed by atoms with E-state index in [2.05, 4.69) is 0 Å². The molecule has 0 bridgehead atoms. The number of benzene rings is 1. The van der Waals surface area contributed by atoms with Crippen LogP contribution in [0.3, 0.4) is 0 Å². The van der Waals surface area contributed by atoms with Crippen LogP contribution < -0.4 is 0 Å². The highest BCUT2D eigenvalue weighted by Crippen LogP contribution is 2.57. The highest BCUT2D eigenvalue weighted by Gasteiger charge is 2.59. The number of allylic oxidation sites excluding steroid dienone is 1. The molecule has 11 nitrogen and oxygen atoms in total. The maximum atomic E-state index is 16.0. The van der Waals surface area contributed by atoms with Crippen LogP contribution in [0, 0.1) is 0 Å². The summed E-state index contributed by atoms with van der Waals surface area (Å²) < 4.78 is 61.7. The van der Waals surface area contributed by atoms with E-state index in [1.54, 1.807) is 24.3 Å². The first kappa shape index (κ1) is 27.8. The summed E-state index contributed by atoms with van der Waals surface area (Å²) in [5.41, 5.74) is -1.67. The molecule has 1 aromatic rings. The molecular weight excluding hydrogens is 536 g/mol. The number of rotatable bonds is 8. The predicted octanol–water partition coefficient (Wildman–Crippen LogP) is 3.62. The zero-order valence-electron chi connectivity index (χ0n) is 20.0. The van der Waals surface area contributed by atoms with Crippen molar-refractivity contribution in [3.63, 3.8) is 0 Å². The molecule has 0 aromatic heterocycles. The maximum Gasteiger partial charge on any atom is 0.475 e. The standard InChI is InChI=1S/C23H26ClFNO10P/c1-14(27)31-13-32-21-19(35-22(23(21,2)25)26-8-6-17(28)11-20(26)29)12-34-37(30)33-9-7-18(36-37)15-4-3-5-16(24)10-15/h3-6,8,10,18-19,21-22H,7,9,11-13H2,1-2H3/t18-,19+,21+,22+,23+,37+/m0/s1. The summed E-state index contributed by atoms with van der Waals surface area (Å²) >= 11 is 6.05. The fraction of sp³-hybridized carbons (Fsp3) is 0.522. The second-order valence-corrected chi connectivity index (χ2v) is 10.9. The van der Waals surface area contributed by atoms with E-state index in [9.17, 15) is 18.9 Å². The van der Waals surface area contributed by atoms with Crippen molar-refractivity contribution >= 4 is 37.1 Å². The highest BCUT2D eigenvalue weighted by molar-refractivity contribution is 7.48. The third-order valence-electron chi connectivity index (χ3n) is 5.98. The zero-order valence-corrected chi connectivity index (χ0v) is 21.7. The number of halogens is 2. The normalized spacial score (nSPS) is 34.1. The van der Waals surface area contributed by atoms with Gasteiger partial charge in [0.25, 0.3) is 0 Å². The SMILES string of the molecule is CC(=O)OCO[C@@H]1[C@@H](CO[P@@]2(=O)OCC[C@@H](c3cccc(Cl)c3)O2)O[C@@H](N2C=CC(=O)CC2=O)[C@]1(C)F. The average molecular weight is 562 g/mol. The summed E-state index contributed by atoms with van der Waals surface area (Å²) in [6.45, 7) is 1.25. The number of carbonyl (C=O) groups excluding carboxylic acids is 3. The van der Waals surface area contributed by atoms with Gasteiger partial charge in [0.2, 0.25) is 5.91 Å². The van der Waals surface area contributed by atoms with Crippen LogP contribution in [0.2, 0.25) is 5.02 Å². The number of esters is 1. The summed E-state index contributed by atoms with van der Waals surface area (Å²) in [5, 5.41) is 0.478. The Labute approximate surface area is 217 Å². The third kappa shape index (κ3) is 6.46. The molecule has 2 saturated heterocycles. The Kier molecular flexibility index (Phi) is 8.49. The van der Waals surface area contributed by atoms with Crippen LogP contribution in [-0.2, 0) is 46.7 Å². The molecule has 1 amide bonds. The van der Waals surface area contributed by atoms with Gasteiger partial charge in [0.1, 0.15) is 12.2 Å². The minimum Gasteiger partial charge on any atom is -0.439 e. The van der Waals surface area contributed by atoms with E-state index in [0.29, 0.717) is 17.0 Å². The van der Waals surface area contributed by atoms with Crippen molar-refractivity contribution in [3.8, 4) is 0 Å². The van der Waals surface area contributed by atoms with Gasteiger partial charge in [-0.2, -0.15) is 0 Å². The first-order valence-electron chi connectivity index (χ1n) is 11.4. The molecule has 3 heterocycles. The lowest BCUT2D eigenvalue weighted by atomic mass is 9.97. The van der Waals surface area contributed by atoms with Crippen LogP contribution in [0.15, 0.2) is 36.5 Å². The molecule has 14 heteroatoms. The maximum absolute atomic E-state index is 16.0. The van der Waals surface area contributed by atoms with Gasteiger partial charge in [0, 0.05) is 24.6 Å². The number of phosphoric acid groups is 1. The van der Waals surface area contributed by atoms with Crippen LogP contribution >= 0.6 is 19.4 Å². The lowest BCUT2D eigenvalue weighted by Crippen LogP contribution is -2.52. The molecule has 0 N–H and O–H groups in total. The van der Waals surface area contributed by atoms with Gasteiger partial charge >= 0.3 is 13.8 Å². The molecule has 1 aromatic carbocycles. The van der Waals surface area contributed by atoms with E-state index < -0.39 is 75.5 Å². The van der Waals surface area contributed by atoms with Crippen molar-refractivity contribution in [1.82, 2.24) is 4.90 Å². The molecule has 3 aliphatic rings. The van der Waals surface area contributed by atoms with Gasteiger partial charge in [-0.3, -0.25) is 32.9 Å². The largest absolute Gasteiger partial charge is 0.475 e. The van der Waals surface area contributed by atoms with Crippen molar-refractivity contribution in [2.75, 3.05) is 20.0 Å². The van der Waals surface area contributed by atoms with E-state index in [-0.39, 0.29) is 6.61 Å². The number of ether oxygens (including phenoxy) is 3. The van der Waals surface area contributed by atoms with Gasteiger partial charge in [-0.05, 0) is 30.7 Å². The van der Waals surface area contributed by atoms with E-state index in [0.717, 1.165) is 31.0 Å². The number of alkyl halides is 1. The van der Waals surface area contributed by atoms with Gasteiger partial charge in [0.15, 0.2) is 24.5 Å². The number of hydrogen-bond acceptors (Lipinski definition) is 10. The van der Waals surface area contributed by atoms with Crippen LogP contribution in [-0.4, -0.2) is 66.7 Å². The Morgan fingerprint density at radius 3 is 2.84 bits per heavy atom. The summed E-state index contributed by atoms with van der Waals surface area (Å²) in [6, 6.07) is 6.86. The predicted molar refractivity (Wildman–Crippen MR) is 125 cm³/mol. The van der Waals surface area contributed by atoms with Crippen LogP contribution in [0.25, 0.3) is 0 Å². The van der Waals surface area contributed by atoms with E-state index in [4.69, 9.17) is 39.4 Å². The smallest absolute Gasteiger partial charge is 0.439 e. The first-order valence-corrected chi connectivity index (χ1v) is 13.3. The Bertz CT molecular complexity index is 1130. The average Bonchev–Trinajstić information content (AvgIpc) is 3.07. The number of amides is 1. The molecule has 0 aliphatic carbocycles. The molecule has 4 rings (SSSR count). The topological polar surface area (TPSA) is 127 Å². The quantitative estimate of drug-likeness (QED) is 0.201. The summed E-state index contributed by atoms with van der Waals surface area (Å²) in [5.74, 6) is -1.75. The molecule has 2 fully saturated rings. The third-order valence-corrected chi connectivity index (χ3v) is 7.69. The van der Waals surface area contributed by atoms with Crippen molar-refractivity contribution in [2.24, 2.45) is 0 Å². The lowest BCUT2D eigenvalue weighted by molar-refractivity contribution is -0.168. The Morgan fingerprint density at radius 1 is 1.35 bits per heavy atom. The summed E-state index contributed by atoms with van der Waals surface area (Å²) in [4.78, 5) is 36.1. The van der Waals surface area contributed by atoms with E-state index in [1.807, 2.05) is 0 Å². The van der Waals surface area contributed by atoms with Crippen molar-refractivity contribution in [1.29, 1.82) is 0 Å². The van der Waals surface area contributed by atoms with Crippen LogP contribution in [0.5, 0.6) is 0 Å². The van der Waals surface area contributed by atoms with Crippen molar-refractivity contribution < 1.29 is 51.1 Å². The monoisotopic (exact) mass is 561 g/mol. The Hall–Kier alpha value is -2.18. The van der Waals surface area contributed by atoms with Gasteiger partial charge in [-0.1, -0.05) is 23.7 Å². The fourth-order valence-electron chi connectivity index (χ4n) is 4.23. The van der Waals surface area contributed by atoms with E-state index in [1.165, 1.54) is 0 Å². The Morgan fingerprint density at radius 2 is 2.14 bits per heavy atom. The molecule has 0 radical (unpaired) electrons. The second-order valence-electron chi connectivity index (χ2n) is 8.79. The molecule has 0 saturated carbocycles. The van der Waals surface area contributed by atoms with Gasteiger partial charge in [-0.25, -0.2) is 8.96 Å². The van der Waals surface area contributed by atoms with E-state index >= 15 is 4.39 Å². The molecule has 3 aliphatic heterocycles. The molecular formula is C23H26ClFNO10P. The van der Waals surface area contributed by atoms with Crippen molar-refractivity contribution in [3.05, 3.63) is 47.1 Å². The Balaban J connectivity index is 1.49. The molecule has 37 heavy (non-hydrogen) atoms. The number of hydrogen-bond donors (Lipinski definition) is 0. The summed E-state index contributed by atoms with van der Waals surface area (Å²) in [7, 11) is -4.11. The number of carbonyl (C=O) groups is 3. The number of phosphoric ester groups is 1. The minimum absolute atomic E-state index is 0.0664. The van der Waals surface area contributed by atoms with Crippen LogP contribution in [0.4, 0.5) is 4.39 Å². The highest BCUT2D eigenvalue weighted by atomic mass is 35.5.